The Labute approximate surface area is 95.2 Å². The second kappa shape index (κ2) is 4.66. The van der Waals surface area contributed by atoms with E-state index in [0.717, 1.165) is 4.47 Å². The number of hydrogen-bond donors (Lipinski definition) is 2. The molecule has 0 bridgehead atoms. The molecule has 0 aromatic heterocycles. The number of halogens is 2. The zero-order valence-electron chi connectivity index (χ0n) is 7.42. The van der Waals surface area contributed by atoms with Gasteiger partial charge >= 0.3 is 5.97 Å². The molecule has 1 aromatic rings. The van der Waals surface area contributed by atoms with Crippen molar-refractivity contribution in [2.45, 2.75) is 13.0 Å². The molecule has 0 aliphatic rings. The smallest absolute Gasteiger partial charge is 0.325 e. The molecule has 0 aliphatic carbocycles. The molecule has 1 unspecified atom stereocenters. The van der Waals surface area contributed by atoms with Gasteiger partial charge in [0.25, 0.3) is 0 Å². The normalized spacial score (nSPS) is 12.2. The molecule has 3 nitrogen and oxygen atoms in total. The van der Waals surface area contributed by atoms with Crippen molar-refractivity contribution in [3.8, 4) is 0 Å². The number of hydrogen-bond acceptors (Lipinski definition) is 2. The maximum absolute atomic E-state index is 10.6. The summed E-state index contributed by atoms with van der Waals surface area (Å²) in [6.07, 6.45) is 0. The van der Waals surface area contributed by atoms with Crippen LogP contribution in [0.2, 0.25) is 5.02 Å². The molecule has 76 valence electrons. The summed E-state index contributed by atoms with van der Waals surface area (Å²) in [5.74, 6) is -0.899. The van der Waals surface area contributed by atoms with Crippen molar-refractivity contribution >= 4 is 39.2 Å². The van der Waals surface area contributed by atoms with Crippen LogP contribution in [0, 0.1) is 0 Å². The van der Waals surface area contributed by atoms with Gasteiger partial charge in [0.1, 0.15) is 6.04 Å². The van der Waals surface area contributed by atoms with Crippen LogP contribution in [0.4, 0.5) is 5.69 Å². The van der Waals surface area contributed by atoms with Crippen LogP contribution in [0.3, 0.4) is 0 Å². The highest BCUT2D eigenvalue weighted by atomic mass is 79.9. The quantitative estimate of drug-likeness (QED) is 0.893. The monoisotopic (exact) mass is 277 g/mol. The largest absolute Gasteiger partial charge is 0.480 e. The van der Waals surface area contributed by atoms with Crippen LogP contribution in [-0.2, 0) is 4.79 Å². The first-order chi connectivity index (χ1) is 6.50. The molecule has 2 N–H and O–H groups in total. The summed E-state index contributed by atoms with van der Waals surface area (Å²) in [6.45, 7) is 1.57. The van der Waals surface area contributed by atoms with Crippen LogP contribution in [0.5, 0.6) is 0 Å². The Kier molecular flexibility index (Phi) is 3.77. The average Bonchev–Trinajstić information content (AvgIpc) is 2.11. The van der Waals surface area contributed by atoms with E-state index in [2.05, 4.69) is 21.2 Å². The van der Waals surface area contributed by atoms with Crippen molar-refractivity contribution < 1.29 is 9.90 Å². The number of carbonyl (C=O) groups is 1. The molecule has 0 aliphatic heterocycles. The highest BCUT2D eigenvalue weighted by molar-refractivity contribution is 9.10. The fourth-order valence-electron chi connectivity index (χ4n) is 0.898. The SMILES string of the molecule is CC(Nc1ccc(Br)c(Cl)c1)C(=O)O. The Hall–Kier alpha value is -0.740. The van der Waals surface area contributed by atoms with E-state index in [1.807, 2.05) is 0 Å². The van der Waals surface area contributed by atoms with Gasteiger partial charge in [-0.1, -0.05) is 11.6 Å². The third kappa shape index (κ3) is 2.89. The van der Waals surface area contributed by atoms with Crippen LogP contribution in [-0.4, -0.2) is 17.1 Å². The highest BCUT2D eigenvalue weighted by Gasteiger charge is 2.10. The molecule has 1 atom stereocenters. The van der Waals surface area contributed by atoms with Crippen molar-refractivity contribution in [3.05, 3.63) is 27.7 Å². The Morgan fingerprint density at radius 2 is 2.29 bits per heavy atom. The molecular weight excluding hydrogens is 269 g/mol. The van der Waals surface area contributed by atoms with E-state index in [0.29, 0.717) is 10.7 Å². The Morgan fingerprint density at radius 3 is 2.79 bits per heavy atom. The predicted octanol–water partition coefficient (Wildman–Crippen LogP) is 2.99. The van der Waals surface area contributed by atoms with Crippen molar-refractivity contribution in [1.82, 2.24) is 0 Å². The standard InChI is InChI=1S/C9H9BrClNO2/c1-5(9(13)14)12-6-2-3-7(10)8(11)4-6/h2-5,12H,1H3,(H,13,14). The van der Waals surface area contributed by atoms with Gasteiger partial charge in [-0.2, -0.15) is 0 Å². The molecular formula is C9H9BrClNO2. The molecule has 14 heavy (non-hydrogen) atoms. The molecule has 0 radical (unpaired) electrons. The zero-order valence-corrected chi connectivity index (χ0v) is 9.76. The van der Waals surface area contributed by atoms with Crippen LogP contribution in [0.15, 0.2) is 22.7 Å². The van der Waals surface area contributed by atoms with Crippen LogP contribution in [0.25, 0.3) is 0 Å². The van der Waals surface area contributed by atoms with E-state index >= 15 is 0 Å². The van der Waals surface area contributed by atoms with Gasteiger partial charge < -0.3 is 10.4 Å². The third-order valence-corrected chi connectivity index (χ3v) is 2.91. The van der Waals surface area contributed by atoms with E-state index in [4.69, 9.17) is 16.7 Å². The maximum atomic E-state index is 10.6. The lowest BCUT2D eigenvalue weighted by molar-refractivity contribution is -0.137. The van der Waals surface area contributed by atoms with Gasteiger partial charge in [-0.05, 0) is 41.1 Å². The molecule has 1 aromatic carbocycles. The van der Waals surface area contributed by atoms with Gasteiger partial charge in [-0.15, -0.1) is 0 Å². The maximum Gasteiger partial charge on any atom is 0.325 e. The lowest BCUT2D eigenvalue weighted by Gasteiger charge is -2.11. The van der Waals surface area contributed by atoms with Gasteiger partial charge in [0.15, 0.2) is 0 Å². The summed E-state index contributed by atoms with van der Waals surface area (Å²) >= 11 is 9.09. The van der Waals surface area contributed by atoms with Crippen molar-refractivity contribution in [2.75, 3.05) is 5.32 Å². The molecule has 0 heterocycles. The van der Waals surface area contributed by atoms with Crippen LogP contribution >= 0.6 is 27.5 Å². The summed E-state index contributed by atoms with van der Waals surface area (Å²) < 4.78 is 0.785. The first-order valence-corrected chi connectivity index (χ1v) is 5.12. The molecule has 0 amide bonds. The number of aliphatic carboxylic acids is 1. The fraction of sp³-hybridized carbons (Fsp3) is 0.222. The molecule has 0 fully saturated rings. The molecule has 5 heteroatoms. The zero-order chi connectivity index (χ0) is 10.7. The first kappa shape index (κ1) is 11.3. The predicted molar refractivity (Wildman–Crippen MR) is 59.9 cm³/mol. The van der Waals surface area contributed by atoms with Gasteiger partial charge in [0, 0.05) is 10.2 Å². The fourth-order valence-corrected chi connectivity index (χ4v) is 1.32. The number of benzene rings is 1. The number of carboxylic acids is 1. The minimum Gasteiger partial charge on any atom is -0.480 e. The summed E-state index contributed by atoms with van der Waals surface area (Å²) in [7, 11) is 0. The Bertz CT molecular complexity index is 357. The minimum atomic E-state index is -0.899. The second-order valence-corrected chi connectivity index (χ2v) is 4.09. The summed E-state index contributed by atoms with van der Waals surface area (Å²) in [5, 5.41) is 12.0. The third-order valence-electron chi connectivity index (χ3n) is 1.67. The number of anilines is 1. The topological polar surface area (TPSA) is 49.3 Å². The lowest BCUT2D eigenvalue weighted by Crippen LogP contribution is -2.25. The average molecular weight is 279 g/mol. The first-order valence-electron chi connectivity index (χ1n) is 3.95. The van der Waals surface area contributed by atoms with Crippen LogP contribution < -0.4 is 5.32 Å². The van der Waals surface area contributed by atoms with E-state index in [9.17, 15) is 4.79 Å². The van der Waals surface area contributed by atoms with E-state index in [-0.39, 0.29) is 0 Å². The highest BCUT2D eigenvalue weighted by Crippen LogP contribution is 2.25. The van der Waals surface area contributed by atoms with Crippen molar-refractivity contribution in [1.29, 1.82) is 0 Å². The van der Waals surface area contributed by atoms with Gasteiger partial charge in [-0.25, -0.2) is 0 Å². The molecule has 0 saturated heterocycles. The molecule has 0 saturated carbocycles. The summed E-state index contributed by atoms with van der Waals surface area (Å²) in [4.78, 5) is 10.6. The summed E-state index contributed by atoms with van der Waals surface area (Å²) in [5.41, 5.74) is 0.688. The molecule has 0 spiro atoms. The van der Waals surface area contributed by atoms with Gasteiger partial charge in [0.05, 0.1) is 5.02 Å². The van der Waals surface area contributed by atoms with Gasteiger partial charge in [-0.3, -0.25) is 4.79 Å². The number of rotatable bonds is 3. The van der Waals surface area contributed by atoms with E-state index < -0.39 is 12.0 Å². The van der Waals surface area contributed by atoms with Crippen LogP contribution in [0.1, 0.15) is 6.92 Å². The summed E-state index contributed by atoms with van der Waals surface area (Å²) in [6, 6.07) is 4.56. The van der Waals surface area contributed by atoms with Gasteiger partial charge in [0.2, 0.25) is 0 Å². The lowest BCUT2D eigenvalue weighted by atomic mass is 10.2. The van der Waals surface area contributed by atoms with Crippen molar-refractivity contribution in [3.63, 3.8) is 0 Å². The van der Waals surface area contributed by atoms with Crippen molar-refractivity contribution in [2.24, 2.45) is 0 Å². The number of nitrogens with one attached hydrogen (secondary N) is 1. The number of carboxylic acid groups (broad SMARTS) is 1. The Morgan fingerprint density at radius 1 is 1.64 bits per heavy atom. The Balaban J connectivity index is 2.78. The molecule has 1 rings (SSSR count). The minimum absolute atomic E-state index is 0.549. The van der Waals surface area contributed by atoms with E-state index in [1.54, 1.807) is 25.1 Å². The van der Waals surface area contributed by atoms with E-state index in [1.165, 1.54) is 0 Å². The second-order valence-electron chi connectivity index (χ2n) is 2.83.